The van der Waals surface area contributed by atoms with E-state index in [4.69, 9.17) is 42.1 Å². The molecule has 0 heterocycles. The van der Waals surface area contributed by atoms with Gasteiger partial charge in [0.2, 0.25) is 0 Å². The summed E-state index contributed by atoms with van der Waals surface area (Å²) in [6.45, 7) is 10.6. The molecule has 6 nitrogen and oxygen atoms in total. The number of unbranched alkanes of at least 4 members (excludes halogenated alkanes) is 17. The van der Waals surface area contributed by atoms with Crippen LogP contribution in [-0.4, -0.2) is 25.2 Å². The van der Waals surface area contributed by atoms with Crippen molar-refractivity contribution in [1.29, 1.82) is 0 Å². The van der Waals surface area contributed by atoms with Gasteiger partial charge in [-0.2, -0.15) is 0 Å². The van der Waals surface area contributed by atoms with E-state index in [9.17, 15) is 9.59 Å². The largest absolute Gasteiger partial charge is 0.494 e. The first-order valence-corrected chi connectivity index (χ1v) is 35.1. The number of hydrogen-bond acceptors (Lipinski definition) is 6. The lowest BCUT2D eigenvalue weighted by Gasteiger charge is -2.29. The van der Waals surface area contributed by atoms with Crippen LogP contribution in [0.4, 0.5) is 0 Å². The van der Waals surface area contributed by atoms with E-state index in [2.05, 4.69) is 52.0 Å². The molecule has 2 fully saturated rings. The second kappa shape index (κ2) is 39.4. The molecule has 87 heavy (non-hydrogen) atoms. The first-order chi connectivity index (χ1) is 42.6. The summed E-state index contributed by atoms with van der Waals surface area (Å²) in [4.78, 5) is 25.8. The number of rotatable bonds is 35. The highest BCUT2D eigenvalue weighted by Gasteiger charge is 2.26. The van der Waals surface area contributed by atoms with E-state index < -0.39 is 0 Å². The van der Waals surface area contributed by atoms with Gasteiger partial charge in [-0.3, -0.25) is 0 Å². The lowest BCUT2D eigenvalue weighted by atomic mass is 9.77. The van der Waals surface area contributed by atoms with Crippen molar-refractivity contribution < 1.29 is 28.5 Å². The zero-order valence-electron chi connectivity index (χ0n) is 53.6. The van der Waals surface area contributed by atoms with Crippen LogP contribution in [0, 0.1) is 11.8 Å². The smallest absolute Gasteiger partial charge is 0.343 e. The van der Waals surface area contributed by atoms with Gasteiger partial charge in [0.1, 0.15) is 23.0 Å². The molecule has 8 heteroatoms. The minimum absolute atomic E-state index is 0.384. The summed E-state index contributed by atoms with van der Waals surface area (Å²) >= 11 is 13.4. The van der Waals surface area contributed by atoms with Gasteiger partial charge < -0.3 is 18.9 Å². The third-order valence-corrected chi connectivity index (χ3v) is 18.9. The van der Waals surface area contributed by atoms with Crippen LogP contribution in [0.15, 0.2) is 133 Å². The number of hydrogen-bond donors (Lipinski definition) is 0. The van der Waals surface area contributed by atoms with Crippen molar-refractivity contribution in [1.82, 2.24) is 0 Å². The fourth-order valence-electron chi connectivity index (χ4n) is 12.8. The summed E-state index contributed by atoms with van der Waals surface area (Å²) in [5.74, 6) is 4.76. The Hall–Kier alpha value is -5.56. The van der Waals surface area contributed by atoms with Gasteiger partial charge in [-0.1, -0.05) is 246 Å². The van der Waals surface area contributed by atoms with Gasteiger partial charge in [0.25, 0.3) is 0 Å². The third kappa shape index (κ3) is 24.1. The summed E-state index contributed by atoms with van der Waals surface area (Å²) in [6.07, 6.45) is 39.9. The van der Waals surface area contributed by atoms with Crippen molar-refractivity contribution in [2.24, 2.45) is 11.8 Å². The van der Waals surface area contributed by atoms with Crippen LogP contribution in [0.5, 0.6) is 23.0 Å². The average molecular weight is 1220 g/mol. The van der Waals surface area contributed by atoms with Gasteiger partial charge in [0, 0.05) is 10.0 Å². The van der Waals surface area contributed by atoms with Crippen molar-refractivity contribution in [3.63, 3.8) is 0 Å². The fourth-order valence-corrected chi connectivity index (χ4v) is 13.5. The quantitative estimate of drug-likeness (QED) is 0.0224. The molecule has 0 spiro atoms. The molecule has 0 aromatic heterocycles. The van der Waals surface area contributed by atoms with E-state index in [1.165, 1.54) is 197 Å². The average Bonchev–Trinajstić information content (AvgIpc) is 3.36. The van der Waals surface area contributed by atoms with E-state index >= 15 is 0 Å². The predicted molar refractivity (Wildman–Crippen MR) is 366 cm³/mol. The second-order valence-electron chi connectivity index (χ2n) is 25.1. The highest BCUT2D eigenvalue weighted by molar-refractivity contribution is 6.32. The van der Waals surface area contributed by atoms with Crippen LogP contribution in [0.1, 0.15) is 270 Å². The summed E-state index contributed by atoms with van der Waals surface area (Å²) in [5.41, 5.74) is 7.63. The van der Waals surface area contributed by atoms with Crippen LogP contribution >= 0.6 is 23.2 Å². The molecule has 0 aliphatic heterocycles. The molecular weight excluding hydrogens is 1120 g/mol. The Morgan fingerprint density at radius 1 is 0.345 bits per heavy atom. The van der Waals surface area contributed by atoms with Crippen molar-refractivity contribution in [3.05, 3.63) is 166 Å². The molecule has 8 rings (SSSR count). The molecule has 6 aromatic carbocycles. The van der Waals surface area contributed by atoms with Crippen LogP contribution < -0.4 is 18.9 Å². The molecule has 2 saturated carbocycles. The summed E-state index contributed by atoms with van der Waals surface area (Å²) < 4.78 is 23.2. The van der Waals surface area contributed by atoms with Gasteiger partial charge in [0.05, 0.1) is 24.3 Å². The molecule has 0 unspecified atom stereocenters. The van der Waals surface area contributed by atoms with Crippen molar-refractivity contribution in [3.8, 4) is 45.3 Å². The van der Waals surface area contributed by atoms with Crippen LogP contribution in [0.25, 0.3) is 22.3 Å². The Kier molecular flexibility index (Phi) is 31.3. The van der Waals surface area contributed by atoms with Gasteiger partial charge >= 0.3 is 11.9 Å². The zero-order chi connectivity index (χ0) is 61.3. The lowest BCUT2D eigenvalue weighted by Crippen LogP contribution is -2.14. The molecular formula is C79H104Cl2O6. The first-order valence-electron chi connectivity index (χ1n) is 34.3. The van der Waals surface area contributed by atoms with E-state index in [-0.39, 0.29) is 11.9 Å². The van der Waals surface area contributed by atoms with E-state index in [1.807, 2.05) is 97.1 Å². The highest BCUT2D eigenvalue weighted by Crippen LogP contribution is 2.42. The number of ether oxygens (including phenoxy) is 4. The Bertz CT molecular complexity index is 2860. The van der Waals surface area contributed by atoms with Crippen molar-refractivity contribution >= 4 is 35.1 Å². The van der Waals surface area contributed by atoms with E-state index in [1.54, 1.807) is 12.1 Å². The Balaban J connectivity index is 0.000000249. The van der Waals surface area contributed by atoms with E-state index in [0.29, 0.717) is 44.5 Å². The topological polar surface area (TPSA) is 71.1 Å². The minimum Gasteiger partial charge on any atom is -0.494 e. The SMILES string of the molecule is CCCCCCCCOc1ccc(-c2ccc(OC(=O)c3ccc(C4CCC(CCCCCC)CC4)c(Cl)c3)cc2)cc1.CCCCCCCCOc1ccc(-c2ccc(OC(=O)c3ccc(C4CCC(CCCCCCC)CC4)c(Cl)c3)cc2)cc1. The number of esters is 2. The fraction of sp³-hybridized carbons (Fsp3) is 0.519. The number of carbonyl (C=O) groups is 2. The monoisotopic (exact) mass is 1220 g/mol. The standard InChI is InChI=1S/C40H53ClO3.C39H51ClO3/c1-3-5-7-9-11-13-29-43-36-24-19-32(20-25-36)33-21-26-37(27-22-33)44-40(42)35-23-28-38(39(41)30-35)34-17-15-31(16-18-34)14-12-10-8-6-4-2;1-3-5-7-9-10-12-28-42-35-23-18-31(19-24-35)32-20-25-36(26-21-32)43-39(41)34-22-27-37(38(40)29-34)33-16-14-30(15-17-33)13-11-8-6-4-2/h19-28,30-31,34H,3-18,29H2,1-2H3;18-27,29-30,33H,3-17,28H2,1-2H3. The van der Waals surface area contributed by atoms with Crippen LogP contribution in [0.2, 0.25) is 10.0 Å². The van der Waals surface area contributed by atoms with Crippen LogP contribution in [-0.2, 0) is 0 Å². The number of benzene rings is 6. The third-order valence-electron chi connectivity index (χ3n) is 18.3. The highest BCUT2D eigenvalue weighted by atomic mass is 35.5. The van der Waals surface area contributed by atoms with Gasteiger partial charge in [-0.05, 0) is 194 Å². The zero-order valence-corrected chi connectivity index (χ0v) is 55.1. The minimum atomic E-state index is -0.385. The Morgan fingerprint density at radius 2 is 0.632 bits per heavy atom. The maximum Gasteiger partial charge on any atom is 0.343 e. The molecule has 2 aliphatic rings. The van der Waals surface area contributed by atoms with Gasteiger partial charge in [-0.15, -0.1) is 0 Å². The summed E-state index contributed by atoms with van der Waals surface area (Å²) in [7, 11) is 0. The molecule has 0 bridgehead atoms. The number of carbonyl (C=O) groups excluding carboxylic acids is 2. The molecule has 0 amide bonds. The van der Waals surface area contributed by atoms with E-state index in [0.717, 1.165) is 71.6 Å². The molecule has 470 valence electrons. The molecule has 0 saturated heterocycles. The Labute approximate surface area is 535 Å². The van der Waals surface area contributed by atoms with Crippen molar-refractivity contribution in [2.45, 2.75) is 239 Å². The maximum absolute atomic E-state index is 12.9. The predicted octanol–water partition coefficient (Wildman–Crippen LogP) is 24.8. The first kappa shape index (κ1) is 68.9. The van der Waals surface area contributed by atoms with Gasteiger partial charge in [0.15, 0.2) is 0 Å². The summed E-state index contributed by atoms with van der Waals surface area (Å²) in [6, 6.07) is 43.0. The second-order valence-corrected chi connectivity index (χ2v) is 25.9. The van der Waals surface area contributed by atoms with Crippen LogP contribution in [0.3, 0.4) is 0 Å². The number of halogens is 2. The normalized spacial score (nSPS) is 16.6. The summed E-state index contributed by atoms with van der Waals surface area (Å²) in [5, 5.41) is 1.35. The molecule has 0 radical (unpaired) electrons. The van der Waals surface area contributed by atoms with Crippen molar-refractivity contribution in [2.75, 3.05) is 13.2 Å². The van der Waals surface area contributed by atoms with Gasteiger partial charge in [-0.25, -0.2) is 9.59 Å². The Morgan fingerprint density at radius 3 is 0.954 bits per heavy atom. The lowest BCUT2D eigenvalue weighted by molar-refractivity contribution is 0.0725. The molecule has 0 atom stereocenters. The maximum atomic E-state index is 12.9. The molecule has 0 N–H and O–H groups in total. The molecule has 2 aliphatic carbocycles. The molecule has 6 aromatic rings.